The van der Waals surface area contributed by atoms with Gasteiger partial charge in [0.2, 0.25) is 5.91 Å². The molecule has 2 aliphatic rings. The zero-order valence-electron chi connectivity index (χ0n) is 13.6. The van der Waals surface area contributed by atoms with Gasteiger partial charge in [0.05, 0.1) is 5.39 Å². The summed E-state index contributed by atoms with van der Waals surface area (Å²) in [5.74, 6) is 1.91. The Hall–Kier alpha value is -1.69. The van der Waals surface area contributed by atoms with E-state index >= 15 is 0 Å². The molecule has 1 saturated heterocycles. The Labute approximate surface area is 140 Å². The summed E-state index contributed by atoms with van der Waals surface area (Å²) in [7, 11) is 0. The van der Waals surface area contributed by atoms with E-state index in [1.807, 2.05) is 11.3 Å². The zero-order valence-corrected chi connectivity index (χ0v) is 14.4. The van der Waals surface area contributed by atoms with Gasteiger partial charge in [-0.05, 0) is 37.7 Å². The van der Waals surface area contributed by atoms with Crippen molar-refractivity contribution in [2.75, 3.05) is 18.0 Å². The smallest absolute Gasteiger partial charge is 0.222 e. The van der Waals surface area contributed by atoms with Gasteiger partial charge >= 0.3 is 0 Å². The second-order valence-electron chi connectivity index (χ2n) is 6.83. The molecule has 122 valence electrons. The Morgan fingerprint density at radius 2 is 2.17 bits per heavy atom. The van der Waals surface area contributed by atoms with Gasteiger partial charge in [0.15, 0.2) is 0 Å². The highest BCUT2D eigenvalue weighted by Crippen LogP contribution is 2.41. The topological polar surface area (TPSA) is 58.1 Å². The van der Waals surface area contributed by atoms with E-state index in [2.05, 4.69) is 34.0 Å². The molecule has 1 N–H and O–H groups in total. The summed E-state index contributed by atoms with van der Waals surface area (Å²) in [6.45, 7) is 5.92. The maximum absolute atomic E-state index is 11.8. The second-order valence-corrected chi connectivity index (χ2v) is 7.91. The first kappa shape index (κ1) is 14.9. The normalized spacial score (nSPS) is 25.1. The van der Waals surface area contributed by atoms with E-state index in [1.165, 1.54) is 22.2 Å². The lowest BCUT2D eigenvalue weighted by atomic mass is 9.89. The van der Waals surface area contributed by atoms with E-state index in [0.29, 0.717) is 13.0 Å². The maximum atomic E-state index is 11.8. The molecule has 3 heterocycles. The van der Waals surface area contributed by atoms with Crippen molar-refractivity contribution in [2.45, 2.75) is 45.6 Å². The van der Waals surface area contributed by atoms with Crippen LogP contribution in [0.4, 0.5) is 5.82 Å². The van der Waals surface area contributed by atoms with Crippen LogP contribution < -0.4 is 10.2 Å². The molecule has 4 rings (SSSR count). The minimum absolute atomic E-state index is 0.131. The summed E-state index contributed by atoms with van der Waals surface area (Å²) in [5.41, 5.74) is 1.45. The number of aromatic nitrogens is 2. The molecule has 0 radical (unpaired) electrons. The molecule has 1 aliphatic carbocycles. The Balaban J connectivity index is 1.82. The molecule has 2 aromatic heterocycles. The molecule has 0 unspecified atom stereocenters. The van der Waals surface area contributed by atoms with E-state index in [9.17, 15) is 4.79 Å². The molecule has 0 spiro atoms. The largest absolute Gasteiger partial charge is 0.354 e. The number of hydrogen-bond donors (Lipinski definition) is 1. The predicted molar refractivity (Wildman–Crippen MR) is 93.0 cm³/mol. The molecule has 5 nitrogen and oxygen atoms in total. The summed E-state index contributed by atoms with van der Waals surface area (Å²) in [6.07, 6.45) is 5.72. The van der Waals surface area contributed by atoms with Crippen LogP contribution in [0, 0.1) is 5.92 Å². The molecule has 1 fully saturated rings. The lowest BCUT2D eigenvalue weighted by molar-refractivity contribution is -0.120. The van der Waals surface area contributed by atoms with Crippen molar-refractivity contribution in [1.29, 1.82) is 0 Å². The van der Waals surface area contributed by atoms with E-state index in [4.69, 9.17) is 0 Å². The molecule has 6 heteroatoms. The van der Waals surface area contributed by atoms with Gasteiger partial charge in [-0.3, -0.25) is 4.79 Å². The molecule has 2 atom stereocenters. The van der Waals surface area contributed by atoms with Crippen LogP contribution in [0.15, 0.2) is 6.33 Å². The number of nitrogens with zero attached hydrogens (tertiary/aromatic N) is 3. The standard InChI is InChI=1S/C17H22N4OS/c1-10-3-4-12-13(7-10)23-17-15(12)16(19-9-20-17)21-6-5-18-14(22)8-11(21)2/h9-11H,3-8H2,1-2H3,(H,18,22)/t10-,11+/m0/s1. The number of carbonyl (C=O) groups is 1. The third-order valence-corrected chi connectivity index (χ3v) is 6.19. The minimum Gasteiger partial charge on any atom is -0.354 e. The van der Waals surface area contributed by atoms with Gasteiger partial charge in [-0.2, -0.15) is 0 Å². The van der Waals surface area contributed by atoms with Gasteiger partial charge in [0, 0.05) is 30.4 Å². The summed E-state index contributed by atoms with van der Waals surface area (Å²) in [6, 6.07) is 0.161. The van der Waals surface area contributed by atoms with Crippen molar-refractivity contribution in [1.82, 2.24) is 15.3 Å². The average molecular weight is 330 g/mol. The molecule has 0 saturated carbocycles. The van der Waals surface area contributed by atoms with Crippen molar-refractivity contribution >= 4 is 33.3 Å². The van der Waals surface area contributed by atoms with Crippen LogP contribution in [0.2, 0.25) is 0 Å². The van der Waals surface area contributed by atoms with Gasteiger partial charge in [-0.1, -0.05) is 6.92 Å². The number of amides is 1. The first-order valence-electron chi connectivity index (χ1n) is 8.42. The van der Waals surface area contributed by atoms with Gasteiger partial charge in [-0.25, -0.2) is 9.97 Å². The van der Waals surface area contributed by atoms with Crippen LogP contribution in [0.25, 0.3) is 10.2 Å². The Bertz CT molecular complexity index is 756. The van der Waals surface area contributed by atoms with Crippen LogP contribution in [-0.2, 0) is 17.6 Å². The van der Waals surface area contributed by atoms with Crippen LogP contribution >= 0.6 is 11.3 Å². The van der Waals surface area contributed by atoms with Crippen LogP contribution in [0.5, 0.6) is 0 Å². The molecule has 2 aromatic rings. The Morgan fingerprint density at radius 3 is 3.04 bits per heavy atom. The fourth-order valence-corrected chi connectivity index (χ4v) is 5.12. The number of hydrogen-bond acceptors (Lipinski definition) is 5. The third-order valence-electron chi connectivity index (χ3n) is 5.03. The summed E-state index contributed by atoms with van der Waals surface area (Å²) >= 11 is 1.83. The number of carbonyl (C=O) groups excluding carboxylic acids is 1. The molecule has 0 aromatic carbocycles. The van der Waals surface area contributed by atoms with Gasteiger partial charge < -0.3 is 10.2 Å². The number of nitrogens with one attached hydrogen (secondary N) is 1. The third kappa shape index (κ3) is 2.59. The maximum Gasteiger partial charge on any atom is 0.222 e. The first-order chi connectivity index (χ1) is 11.1. The minimum atomic E-state index is 0.131. The van der Waals surface area contributed by atoms with Crippen LogP contribution in [-0.4, -0.2) is 35.0 Å². The van der Waals surface area contributed by atoms with Crippen molar-refractivity contribution in [3.8, 4) is 0 Å². The van der Waals surface area contributed by atoms with E-state index in [-0.39, 0.29) is 11.9 Å². The van der Waals surface area contributed by atoms with Crippen molar-refractivity contribution in [3.05, 3.63) is 16.8 Å². The Morgan fingerprint density at radius 1 is 1.30 bits per heavy atom. The Kier molecular flexibility index (Phi) is 3.71. The van der Waals surface area contributed by atoms with E-state index in [0.717, 1.165) is 36.0 Å². The fourth-order valence-electron chi connectivity index (χ4n) is 3.78. The van der Waals surface area contributed by atoms with Crippen LogP contribution in [0.3, 0.4) is 0 Å². The highest BCUT2D eigenvalue weighted by atomic mass is 32.1. The van der Waals surface area contributed by atoms with Gasteiger partial charge in [0.1, 0.15) is 17.0 Å². The zero-order chi connectivity index (χ0) is 16.0. The van der Waals surface area contributed by atoms with E-state index in [1.54, 1.807) is 6.33 Å². The second kappa shape index (κ2) is 5.74. The summed E-state index contributed by atoms with van der Waals surface area (Å²) < 4.78 is 0. The van der Waals surface area contributed by atoms with Crippen molar-refractivity contribution in [2.24, 2.45) is 5.92 Å². The number of thiophene rings is 1. The number of anilines is 1. The van der Waals surface area contributed by atoms with Crippen molar-refractivity contribution in [3.63, 3.8) is 0 Å². The van der Waals surface area contributed by atoms with Gasteiger partial charge in [-0.15, -0.1) is 11.3 Å². The number of rotatable bonds is 1. The molecular formula is C17H22N4OS. The van der Waals surface area contributed by atoms with Gasteiger partial charge in [0.25, 0.3) is 0 Å². The molecule has 0 bridgehead atoms. The monoisotopic (exact) mass is 330 g/mol. The highest BCUT2D eigenvalue weighted by Gasteiger charge is 2.28. The highest BCUT2D eigenvalue weighted by molar-refractivity contribution is 7.19. The van der Waals surface area contributed by atoms with E-state index < -0.39 is 0 Å². The predicted octanol–water partition coefficient (Wildman–Crippen LogP) is 2.53. The molecule has 1 aliphatic heterocycles. The molecule has 23 heavy (non-hydrogen) atoms. The van der Waals surface area contributed by atoms with Crippen molar-refractivity contribution < 1.29 is 4.79 Å². The molecule has 1 amide bonds. The fraction of sp³-hybridized carbons (Fsp3) is 0.588. The summed E-state index contributed by atoms with van der Waals surface area (Å²) in [4.78, 5) is 25.8. The first-order valence-corrected chi connectivity index (χ1v) is 9.23. The quantitative estimate of drug-likeness (QED) is 0.873. The average Bonchev–Trinajstić information content (AvgIpc) is 2.79. The van der Waals surface area contributed by atoms with Crippen LogP contribution in [0.1, 0.15) is 37.1 Å². The lowest BCUT2D eigenvalue weighted by Gasteiger charge is -2.28. The SMILES string of the molecule is C[C@H]1CCc2c(sc3ncnc(N4CCNC(=O)C[C@H]4C)c23)C1. The molecular weight excluding hydrogens is 308 g/mol. The summed E-state index contributed by atoms with van der Waals surface area (Å²) in [5, 5.41) is 4.20. The number of aryl methyl sites for hydroxylation is 1. The lowest BCUT2D eigenvalue weighted by Crippen LogP contribution is -2.35. The number of fused-ring (bicyclic) bond motifs is 3.